The lowest BCUT2D eigenvalue weighted by molar-refractivity contribution is -0.143. The quantitative estimate of drug-likeness (QED) is 0.613. The first-order valence-electron chi connectivity index (χ1n) is 7.61. The second-order valence-corrected chi connectivity index (χ2v) is 5.49. The van der Waals surface area contributed by atoms with E-state index in [1.807, 2.05) is 44.2 Å². The van der Waals surface area contributed by atoms with Gasteiger partial charge in [-0.3, -0.25) is 4.79 Å². The molecule has 0 spiro atoms. The summed E-state index contributed by atoms with van der Waals surface area (Å²) in [5.74, 6) is -0.938. The minimum atomic E-state index is -0.605. The van der Waals surface area contributed by atoms with E-state index in [0.717, 1.165) is 5.56 Å². The van der Waals surface area contributed by atoms with Gasteiger partial charge in [0.2, 0.25) is 0 Å². The van der Waals surface area contributed by atoms with Crippen molar-refractivity contribution in [3.8, 4) is 0 Å². The molecule has 0 saturated heterocycles. The summed E-state index contributed by atoms with van der Waals surface area (Å²) in [6, 6.07) is 9.86. The van der Waals surface area contributed by atoms with E-state index in [9.17, 15) is 9.59 Å². The van der Waals surface area contributed by atoms with Crippen LogP contribution in [0.15, 0.2) is 42.6 Å². The Morgan fingerprint density at radius 2 is 2.04 bits per heavy atom. The van der Waals surface area contributed by atoms with Gasteiger partial charge in [-0.05, 0) is 25.5 Å². The number of esters is 1. The lowest BCUT2D eigenvalue weighted by Gasteiger charge is -2.07. The van der Waals surface area contributed by atoms with Crippen LogP contribution in [0.1, 0.15) is 25.1 Å². The van der Waals surface area contributed by atoms with Crippen molar-refractivity contribution in [2.24, 2.45) is 0 Å². The predicted octanol–water partition coefficient (Wildman–Crippen LogP) is 1.41. The van der Waals surface area contributed by atoms with Crippen LogP contribution in [0.2, 0.25) is 0 Å². The molecule has 1 amide bonds. The van der Waals surface area contributed by atoms with Gasteiger partial charge >= 0.3 is 5.97 Å². The number of hydrogen-bond acceptors (Lipinski definition) is 5. The number of rotatable bonds is 7. The summed E-state index contributed by atoms with van der Waals surface area (Å²) in [5.41, 5.74) is 1.64. The van der Waals surface area contributed by atoms with Gasteiger partial charge in [-0.1, -0.05) is 35.5 Å². The standard InChI is InChI=1S/C17H20N4O3/c1-13(2)18-16(22)12-24-17(23)9-8-15-11-21(20-19-15)10-14-6-4-3-5-7-14/h3-9,11,13H,10,12H2,1-2H3,(H,18,22)/b9-8+. The van der Waals surface area contributed by atoms with Crippen LogP contribution >= 0.6 is 0 Å². The van der Waals surface area contributed by atoms with Crippen LogP contribution in [0.4, 0.5) is 0 Å². The molecule has 0 radical (unpaired) electrons. The van der Waals surface area contributed by atoms with Gasteiger partial charge in [-0.25, -0.2) is 9.48 Å². The van der Waals surface area contributed by atoms with E-state index in [0.29, 0.717) is 12.2 Å². The fraction of sp³-hybridized carbons (Fsp3) is 0.294. The SMILES string of the molecule is CC(C)NC(=O)COC(=O)/C=C/c1cn(Cc2ccccc2)nn1. The Balaban J connectivity index is 1.82. The van der Waals surface area contributed by atoms with Crippen LogP contribution in [-0.2, 0) is 20.9 Å². The third-order valence-corrected chi connectivity index (χ3v) is 2.93. The Kier molecular flexibility index (Phi) is 6.24. The monoisotopic (exact) mass is 328 g/mol. The molecule has 1 heterocycles. The van der Waals surface area contributed by atoms with Gasteiger partial charge in [-0.2, -0.15) is 0 Å². The Morgan fingerprint density at radius 1 is 1.29 bits per heavy atom. The first-order valence-corrected chi connectivity index (χ1v) is 7.61. The summed E-state index contributed by atoms with van der Waals surface area (Å²) in [6.07, 6.45) is 4.44. The molecule has 0 unspecified atom stereocenters. The van der Waals surface area contributed by atoms with Crippen molar-refractivity contribution in [1.29, 1.82) is 0 Å². The van der Waals surface area contributed by atoms with Crippen molar-refractivity contribution >= 4 is 18.0 Å². The average Bonchev–Trinajstić information content (AvgIpc) is 2.99. The van der Waals surface area contributed by atoms with Gasteiger partial charge < -0.3 is 10.1 Å². The number of aromatic nitrogens is 3. The van der Waals surface area contributed by atoms with Gasteiger partial charge in [0.1, 0.15) is 5.69 Å². The molecule has 1 aromatic heterocycles. The van der Waals surface area contributed by atoms with Crippen LogP contribution in [0, 0.1) is 0 Å². The van der Waals surface area contributed by atoms with Gasteiger partial charge in [0.15, 0.2) is 6.61 Å². The number of nitrogens with one attached hydrogen (secondary N) is 1. The summed E-state index contributed by atoms with van der Waals surface area (Å²) in [6.45, 7) is 3.96. The Morgan fingerprint density at radius 3 is 2.75 bits per heavy atom. The van der Waals surface area contributed by atoms with Crippen molar-refractivity contribution in [2.45, 2.75) is 26.4 Å². The second kappa shape index (κ2) is 8.61. The molecule has 7 nitrogen and oxygen atoms in total. The highest BCUT2D eigenvalue weighted by Gasteiger charge is 2.06. The third kappa shape index (κ3) is 6.04. The molecule has 1 N–H and O–H groups in total. The fourth-order valence-electron chi connectivity index (χ4n) is 1.94. The Labute approximate surface area is 140 Å². The second-order valence-electron chi connectivity index (χ2n) is 5.49. The molecule has 126 valence electrons. The van der Waals surface area contributed by atoms with Crippen molar-refractivity contribution < 1.29 is 14.3 Å². The lowest BCUT2D eigenvalue weighted by Crippen LogP contribution is -2.33. The Hall–Kier alpha value is -2.96. The topological polar surface area (TPSA) is 86.1 Å². The van der Waals surface area contributed by atoms with E-state index in [4.69, 9.17) is 4.74 Å². The van der Waals surface area contributed by atoms with Crippen LogP contribution in [0.3, 0.4) is 0 Å². The molecule has 2 aromatic rings. The van der Waals surface area contributed by atoms with E-state index < -0.39 is 5.97 Å². The number of nitrogens with zero attached hydrogens (tertiary/aromatic N) is 3. The minimum absolute atomic E-state index is 0.00592. The van der Waals surface area contributed by atoms with Crippen molar-refractivity contribution in [2.75, 3.05) is 6.61 Å². The predicted molar refractivity (Wildman–Crippen MR) is 88.8 cm³/mol. The van der Waals surface area contributed by atoms with E-state index in [-0.39, 0.29) is 18.6 Å². The van der Waals surface area contributed by atoms with Gasteiger partial charge in [0, 0.05) is 12.1 Å². The van der Waals surface area contributed by atoms with Crippen LogP contribution < -0.4 is 5.32 Å². The maximum absolute atomic E-state index is 11.6. The average molecular weight is 328 g/mol. The van der Waals surface area contributed by atoms with Gasteiger partial charge in [-0.15, -0.1) is 5.10 Å². The summed E-state index contributed by atoms with van der Waals surface area (Å²) in [5, 5.41) is 10.6. The number of hydrogen-bond donors (Lipinski definition) is 1. The zero-order valence-corrected chi connectivity index (χ0v) is 13.7. The maximum atomic E-state index is 11.6. The molecule has 0 bridgehead atoms. The number of carbonyl (C=O) groups is 2. The highest BCUT2D eigenvalue weighted by Crippen LogP contribution is 2.03. The zero-order valence-electron chi connectivity index (χ0n) is 13.7. The normalized spacial score (nSPS) is 11.0. The summed E-state index contributed by atoms with van der Waals surface area (Å²) < 4.78 is 6.51. The number of benzene rings is 1. The largest absolute Gasteiger partial charge is 0.452 e. The lowest BCUT2D eigenvalue weighted by atomic mass is 10.2. The number of amides is 1. The molecular weight excluding hydrogens is 308 g/mol. The Bertz CT molecular complexity index is 708. The molecule has 1 aromatic carbocycles. The van der Waals surface area contributed by atoms with Crippen molar-refractivity contribution in [3.05, 3.63) is 53.9 Å². The van der Waals surface area contributed by atoms with E-state index in [1.165, 1.54) is 12.2 Å². The molecule has 0 aliphatic heterocycles. The molecule has 2 rings (SSSR count). The molecule has 0 saturated carbocycles. The fourth-order valence-corrected chi connectivity index (χ4v) is 1.94. The molecular formula is C17H20N4O3. The zero-order chi connectivity index (χ0) is 17.4. The molecule has 0 atom stereocenters. The number of carbonyl (C=O) groups excluding carboxylic acids is 2. The van der Waals surface area contributed by atoms with Gasteiger partial charge in [0.05, 0.1) is 12.7 Å². The van der Waals surface area contributed by atoms with E-state index >= 15 is 0 Å². The summed E-state index contributed by atoms with van der Waals surface area (Å²) >= 11 is 0. The highest BCUT2D eigenvalue weighted by molar-refractivity contribution is 5.89. The molecule has 7 heteroatoms. The van der Waals surface area contributed by atoms with E-state index in [2.05, 4.69) is 15.6 Å². The molecule has 24 heavy (non-hydrogen) atoms. The number of ether oxygens (including phenoxy) is 1. The summed E-state index contributed by atoms with van der Waals surface area (Å²) in [4.78, 5) is 22.9. The first-order chi connectivity index (χ1) is 11.5. The van der Waals surface area contributed by atoms with Gasteiger partial charge in [0.25, 0.3) is 5.91 Å². The van der Waals surface area contributed by atoms with Crippen molar-refractivity contribution in [1.82, 2.24) is 20.3 Å². The van der Waals surface area contributed by atoms with E-state index in [1.54, 1.807) is 10.9 Å². The minimum Gasteiger partial charge on any atom is -0.452 e. The van der Waals surface area contributed by atoms with Crippen LogP contribution in [0.25, 0.3) is 6.08 Å². The maximum Gasteiger partial charge on any atom is 0.331 e. The van der Waals surface area contributed by atoms with Crippen molar-refractivity contribution in [3.63, 3.8) is 0 Å². The molecule has 0 aliphatic carbocycles. The molecule has 0 aliphatic rings. The smallest absolute Gasteiger partial charge is 0.331 e. The third-order valence-electron chi connectivity index (χ3n) is 2.93. The summed E-state index contributed by atoms with van der Waals surface area (Å²) in [7, 11) is 0. The van der Waals surface area contributed by atoms with Crippen LogP contribution in [0.5, 0.6) is 0 Å². The van der Waals surface area contributed by atoms with Crippen LogP contribution in [-0.4, -0.2) is 39.5 Å². The highest BCUT2D eigenvalue weighted by atomic mass is 16.5. The first kappa shape index (κ1) is 17.4. The molecule has 0 fully saturated rings.